The third kappa shape index (κ3) is 2.24. The van der Waals surface area contributed by atoms with Gasteiger partial charge in [-0.25, -0.2) is 0 Å². The summed E-state index contributed by atoms with van der Waals surface area (Å²) in [5.74, 6) is 0.820. The van der Waals surface area contributed by atoms with Crippen LogP contribution in [-0.2, 0) is 0 Å². The van der Waals surface area contributed by atoms with Crippen LogP contribution in [0.5, 0.6) is 0 Å². The molecule has 1 aromatic carbocycles. The van der Waals surface area contributed by atoms with Crippen molar-refractivity contribution in [3.05, 3.63) is 40.4 Å². The van der Waals surface area contributed by atoms with Crippen molar-refractivity contribution >= 4 is 17.4 Å². The average Bonchev–Trinajstić information content (AvgIpc) is 2.34. The Morgan fingerprint density at radius 1 is 1.00 bits per heavy atom. The largest absolute Gasteiger partial charge is 0.371 e. The lowest BCUT2D eigenvalue weighted by Gasteiger charge is -2.10. The summed E-state index contributed by atoms with van der Waals surface area (Å²) in [6.45, 7) is 4.09. The number of rotatable bonds is 2. The van der Waals surface area contributed by atoms with Crippen LogP contribution < -0.4 is 5.32 Å². The Balaban J connectivity index is 2.53. The highest BCUT2D eigenvalue weighted by Crippen LogP contribution is 2.26. The molecule has 0 saturated carbocycles. The second-order valence-corrected chi connectivity index (χ2v) is 4.34. The smallest absolute Gasteiger partial charge is 0.151 e. The molecule has 4 heteroatoms. The first kappa shape index (κ1) is 11.9. The standard InChI is InChI=1S/C13H14ClN3/c1-8-9(2)13(15-3)17-16-12(8)10-4-6-11(14)7-5-10/h4-7H,1-3H3,(H,15,17). The minimum Gasteiger partial charge on any atom is -0.371 e. The van der Waals surface area contributed by atoms with Crippen molar-refractivity contribution < 1.29 is 0 Å². The zero-order valence-electron chi connectivity index (χ0n) is 10.1. The number of anilines is 1. The van der Waals surface area contributed by atoms with E-state index in [4.69, 9.17) is 11.6 Å². The van der Waals surface area contributed by atoms with Crippen LogP contribution in [0.3, 0.4) is 0 Å². The topological polar surface area (TPSA) is 37.8 Å². The molecule has 88 valence electrons. The van der Waals surface area contributed by atoms with E-state index < -0.39 is 0 Å². The number of aromatic nitrogens is 2. The Morgan fingerprint density at radius 3 is 2.24 bits per heavy atom. The lowest BCUT2D eigenvalue weighted by molar-refractivity contribution is 1.00. The molecule has 0 aliphatic heterocycles. The van der Waals surface area contributed by atoms with Crippen LogP contribution in [0.4, 0.5) is 5.82 Å². The molecular weight excluding hydrogens is 234 g/mol. The predicted molar refractivity (Wildman–Crippen MR) is 71.5 cm³/mol. The maximum atomic E-state index is 5.87. The maximum absolute atomic E-state index is 5.87. The van der Waals surface area contributed by atoms with Gasteiger partial charge in [0.05, 0.1) is 5.69 Å². The van der Waals surface area contributed by atoms with Crippen molar-refractivity contribution in [1.82, 2.24) is 10.2 Å². The third-order valence-corrected chi connectivity index (χ3v) is 3.13. The van der Waals surface area contributed by atoms with Crippen molar-refractivity contribution in [2.75, 3.05) is 12.4 Å². The van der Waals surface area contributed by atoms with Crippen molar-refractivity contribution in [2.24, 2.45) is 0 Å². The third-order valence-electron chi connectivity index (χ3n) is 2.88. The summed E-state index contributed by atoms with van der Waals surface area (Å²) in [5, 5.41) is 12.2. The summed E-state index contributed by atoms with van der Waals surface area (Å²) in [6.07, 6.45) is 0. The van der Waals surface area contributed by atoms with E-state index in [1.165, 1.54) is 0 Å². The molecule has 0 saturated heterocycles. The lowest BCUT2D eigenvalue weighted by Crippen LogP contribution is -2.02. The minimum atomic E-state index is 0.725. The van der Waals surface area contributed by atoms with Gasteiger partial charge in [-0.2, -0.15) is 0 Å². The number of halogens is 1. The summed E-state index contributed by atoms with van der Waals surface area (Å²) < 4.78 is 0. The molecule has 0 atom stereocenters. The first-order valence-electron chi connectivity index (χ1n) is 5.41. The van der Waals surface area contributed by atoms with Crippen LogP contribution >= 0.6 is 11.6 Å². The van der Waals surface area contributed by atoms with E-state index >= 15 is 0 Å². The fourth-order valence-corrected chi connectivity index (χ4v) is 1.85. The zero-order chi connectivity index (χ0) is 12.4. The van der Waals surface area contributed by atoms with Gasteiger partial charge in [-0.15, -0.1) is 10.2 Å². The molecule has 17 heavy (non-hydrogen) atoms. The SMILES string of the molecule is CNc1nnc(-c2ccc(Cl)cc2)c(C)c1C. The Kier molecular flexibility index (Phi) is 3.29. The highest BCUT2D eigenvalue weighted by Gasteiger charge is 2.10. The number of nitrogens with zero attached hydrogens (tertiary/aromatic N) is 2. The normalized spacial score (nSPS) is 10.4. The number of hydrogen-bond acceptors (Lipinski definition) is 3. The summed E-state index contributed by atoms with van der Waals surface area (Å²) in [6, 6.07) is 7.63. The first-order chi connectivity index (χ1) is 8.13. The Bertz CT molecular complexity index is 535. The van der Waals surface area contributed by atoms with E-state index in [0.717, 1.165) is 33.2 Å². The highest BCUT2D eigenvalue weighted by atomic mass is 35.5. The van der Waals surface area contributed by atoms with Crippen molar-refractivity contribution in [1.29, 1.82) is 0 Å². The van der Waals surface area contributed by atoms with Crippen LogP contribution in [0.25, 0.3) is 11.3 Å². The quantitative estimate of drug-likeness (QED) is 0.883. The summed E-state index contributed by atoms with van der Waals surface area (Å²) in [5.41, 5.74) is 4.18. The Morgan fingerprint density at radius 2 is 1.65 bits per heavy atom. The molecule has 0 fully saturated rings. The van der Waals surface area contributed by atoms with E-state index in [-0.39, 0.29) is 0 Å². The van der Waals surface area contributed by atoms with Gasteiger partial charge in [-0.05, 0) is 37.1 Å². The molecular formula is C13H14ClN3. The molecule has 0 spiro atoms. The predicted octanol–water partition coefficient (Wildman–Crippen LogP) is 3.46. The second kappa shape index (κ2) is 4.72. The van der Waals surface area contributed by atoms with Crippen molar-refractivity contribution in [2.45, 2.75) is 13.8 Å². The van der Waals surface area contributed by atoms with Gasteiger partial charge >= 0.3 is 0 Å². The summed E-state index contributed by atoms with van der Waals surface area (Å²) >= 11 is 5.87. The van der Waals surface area contributed by atoms with Gasteiger partial charge in [0.15, 0.2) is 5.82 Å². The van der Waals surface area contributed by atoms with Crippen molar-refractivity contribution in [3.63, 3.8) is 0 Å². The Hall–Kier alpha value is -1.61. The van der Waals surface area contributed by atoms with Crippen LogP contribution in [0, 0.1) is 13.8 Å². The molecule has 0 aliphatic rings. The number of nitrogens with one attached hydrogen (secondary N) is 1. The number of hydrogen-bond donors (Lipinski definition) is 1. The monoisotopic (exact) mass is 247 g/mol. The van der Waals surface area contributed by atoms with Crippen LogP contribution in [0.2, 0.25) is 5.02 Å². The zero-order valence-corrected chi connectivity index (χ0v) is 10.8. The van der Waals surface area contributed by atoms with Gasteiger partial charge in [-0.3, -0.25) is 0 Å². The number of benzene rings is 1. The highest BCUT2D eigenvalue weighted by molar-refractivity contribution is 6.30. The lowest BCUT2D eigenvalue weighted by atomic mass is 10.0. The van der Waals surface area contributed by atoms with Gasteiger partial charge in [0.2, 0.25) is 0 Å². The molecule has 2 rings (SSSR count). The van der Waals surface area contributed by atoms with E-state index in [0.29, 0.717) is 0 Å². The van der Waals surface area contributed by atoms with Gasteiger partial charge < -0.3 is 5.32 Å². The van der Waals surface area contributed by atoms with Crippen LogP contribution in [0.1, 0.15) is 11.1 Å². The van der Waals surface area contributed by atoms with Gasteiger partial charge in [-0.1, -0.05) is 23.7 Å². The molecule has 0 radical (unpaired) electrons. The molecule has 0 aliphatic carbocycles. The van der Waals surface area contributed by atoms with E-state index in [1.807, 2.05) is 38.2 Å². The molecule has 0 bridgehead atoms. The summed E-state index contributed by atoms with van der Waals surface area (Å²) in [7, 11) is 1.85. The molecule has 0 unspecified atom stereocenters. The minimum absolute atomic E-state index is 0.725. The summed E-state index contributed by atoms with van der Waals surface area (Å²) in [4.78, 5) is 0. The fraction of sp³-hybridized carbons (Fsp3) is 0.231. The van der Waals surface area contributed by atoms with Gasteiger partial charge in [0.25, 0.3) is 0 Å². The maximum Gasteiger partial charge on any atom is 0.151 e. The van der Waals surface area contributed by atoms with Crippen LogP contribution in [-0.4, -0.2) is 17.2 Å². The second-order valence-electron chi connectivity index (χ2n) is 3.90. The molecule has 1 N–H and O–H groups in total. The van der Waals surface area contributed by atoms with Crippen molar-refractivity contribution in [3.8, 4) is 11.3 Å². The molecule has 1 heterocycles. The van der Waals surface area contributed by atoms with E-state index in [1.54, 1.807) is 0 Å². The van der Waals surface area contributed by atoms with Gasteiger partial charge in [0.1, 0.15) is 0 Å². The molecule has 3 nitrogen and oxygen atoms in total. The Labute approximate surface area is 106 Å². The van der Waals surface area contributed by atoms with Gasteiger partial charge in [0, 0.05) is 17.6 Å². The molecule has 0 amide bonds. The average molecular weight is 248 g/mol. The van der Waals surface area contributed by atoms with E-state index in [9.17, 15) is 0 Å². The van der Waals surface area contributed by atoms with E-state index in [2.05, 4.69) is 22.4 Å². The molecule has 1 aromatic heterocycles. The molecule has 2 aromatic rings. The first-order valence-corrected chi connectivity index (χ1v) is 5.79. The fourth-order valence-electron chi connectivity index (χ4n) is 1.72. The van der Waals surface area contributed by atoms with Crippen LogP contribution in [0.15, 0.2) is 24.3 Å².